The summed E-state index contributed by atoms with van der Waals surface area (Å²) in [7, 11) is 1.72. The molecule has 0 atom stereocenters. The first-order chi connectivity index (χ1) is 10.7. The minimum absolute atomic E-state index is 0.214. The quantitative estimate of drug-likeness (QED) is 0.624. The summed E-state index contributed by atoms with van der Waals surface area (Å²) in [5.74, 6) is 1.35. The van der Waals surface area contributed by atoms with Crippen molar-refractivity contribution in [3.8, 4) is 0 Å². The standard InChI is InChI=1S/C15H21FN6/c1-3-22-11-20-21-14(22)10-19-15(17-2)18-9-8-12-4-6-13(16)7-5-12/h4-7,11H,3,8-10H2,1-2H3,(H2,17,18,19). The lowest BCUT2D eigenvalue weighted by Crippen LogP contribution is -2.38. The predicted molar refractivity (Wildman–Crippen MR) is 84.0 cm³/mol. The molecule has 1 aromatic carbocycles. The maximum Gasteiger partial charge on any atom is 0.191 e. The highest BCUT2D eigenvalue weighted by molar-refractivity contribution is 5.79. The molecule has 118 valence electrons. The number of aromatic nitrogens is 3. The number of hydrogen-bond acceptors (Lipinski definition) is 3. The Morgan fingerprint density at radius 3 is 2.73 bits per heavy atom. The molecule has 2 N–H and O–H groups in total. The van der Waals surface area contributed by atoms with E-state index in [1.54, 1.807) is 25.5 Å². The number of halogens is 1. The van der Waals surface area contributed by atoms with E-state index >= 15 is 0 Å². The molecule has 1 heterocycles. The maximum atomic E-state index is 12.8. The molecule has 0 bridgehead atoms. The summed E-state index contributed by atoms with van der Waals surface area (Å²) >= 11 is 0. The van der Waals surface area contributed by atoms with Crippen LogP contribution in [0.2, 0.25) is 0 Å². The van der Waals surface area contributed by atoms with Crippen molar-refractivity contribution < 1.29 is 4.39 Å². The largest absolute Gasteiger partial charge is 0.356 e. The van der Waals surface area contributed by atoms with Crippen molar-refractivity contribution in [2.75, 3.05) is 13.6 Å². The van der Waals surface area contributed by atoms with Gasteiger partial charge >= 0.3 is 0 Å². The zero-order valence-electron chi connectivity index (χ0n) is 12.9. The molecule has 0 radical (unpaired) electrons. The average Bonchev–Trinajstić information content (AvgIpc) is 3.00. The minimum atomic E-state index is -0.214. The van der Waals surface area contributed by atoms with Crippen LogP contribution in [0.4, 0.5) is 4.39 Å². The summed E-state index contributed by atoms with van der Waals surface area (Å²) < 4.78 is 14.8. The van der Waals surface area contributed by atoms with Gasteiger partial charge in [-0.15, -0.1) is 10.2 Å². The van der Waals surface area contributed by atoms with Gasteiger partial charge in [0.25, 0.3) is 0 Å². The van der Waals surface area contributed by atoms with Crippen molar-refractivity contribution >= 4 is 5.96 Å². The highest BCUT2D eigenvalue weighted by atomic mass is 19.1. The third-order valence-corrected chi connectivity index (χ3v) is 3.29. The molecule has 6 nitrogen and oxygen atoms in total. The van der Waals surface area contributed by atoms with Crippen LogP contribution in [0.5, 0.6) is 0 Å². The van der Waals surface area contributed by atoms with Gasteiger partial charge in [-0.2, -0.15) is 0 Å². The van der Waals surface area contributed by atoms with Gasteiger partial charge in [-0.25, -0.2) is 4.39 Å². The van der Waals surface area contributed by atoms with Crippen molar-refractivity contribution in [1.29, 1.82) is 0 Å². The average molecular weight is 304 g/mol. The molecule has 0 saturated carbocycles. The number of aliphatic imine (C=N–C) groups is 1. The normalized spacial score (nSPS) is 11.5. The van der Waals surface area contributed by atoms with E-state index in [2.05, 4.69) is 25.8 Å². The zero-order valence-corrected chi connectivity index (χ0v) is 12.9. The second kappa shape index (κ2) is 8.11. The Balaban J connectivity index is 1.77. The number of benzene rings is 1. The molecule has 0 spiro atoms. The van der Waals surface area contributed by atoms with E-state index in [1.807, 2.05) is 11.5 Å². The van der Waals surface area contributed by atoms with Gasteiger partial charge in [-0.1, -0.05) is 12.1 Å². The van der Waals surface area contributed by atoms with Gasteiger partial charge in [0.2, 0.25) is 0 Å². The van der Waals surface area contributed by atoms with Crippen LogP contribution in [0.3, 0.4) is 0 Å². The SMILES string of the molecule is CCn1cnnc1CNC(=NC)NCCc1ccc(F)cc1. The molecule has 2 aromatic rings. The number of nitrogens with one attached hydrogen (secondary N) is 2. The Kier molecular flexibility index (Phi) is 5.88. The van der Waals surface area contributed by atoms with E-state index in [4.69, 9.17) is 0 Å². The van der Waals surface area contributed by atoms with Gasteiger partial charge in [-0.3, -0.25) is 4.99 Å². The van der Waals surface area contributed by atoms with Gasteiger partial charge < -0.3 is 15.2 Å². The third-order valence-electron chi connectivity index (χ3n) is 3.29. The van der Waals surface area contributed by atoms with E-state index in [9.17, 15) is 4.39 Å². The molecule has 0 amide bonds. The molecule has 0 aliphatic heterocycles. The van der Waals surface area contributed by atoms with Crippen molar-refractivity contribution in [2.45, 2.75) is 26.4 Å². The van der Waals surface area contributed by atoms with Crippen molar-refractivity contribution in [3.05, 3.63) is 47.8 Å². The topological polar surface area (TPSA) is 67.1 Å². The Morgan fingerprint density at radius 1 is 1.27 bits per heavy atom. The lowest BCUT2D eigenvalue weighted by molar-refractivity contribution is 0.626. The molecular weight excluding hydrogens is 283 g/mol. The molecular formula is C15H21FN6. The van der Waals surface area contributed by atoms with E-state index in [0.29, 0.717) is 19.0 Å². The molecule has 22 heavy (non-hydrogen) atoms. The highest BCUT2D eigenvalue weighted by Gasteiger charge is 2.04. The van der Waals surface area contributed by atoms with Crippen LogP contribution >= 0.6 is 0 Å². The van der Waals surface area contributed by atoms with Crippen LogP contribution in [0, 0.1) is 5.82 Å². The Bertz CT molecular complexity index is 605. The van der Waals surface area contributed by atoms with Crippen molar-refractivity contribution in [3.63, 3.8) is 0 Å². The first kappa shape index (κ1) is 15.9. The first-order valence-electron chi connectivity index (χ1n) is 7.28. The second-order valence-corrected chi connectivity index (χ2v) is 4.76. The minimum Gasteiger partial charge on any atom is -0.356 e. The van der Waals surface area contributed by atoms with Crippen molar-refractivity contribution in [2.24, 2.45) is 4.99 Å². The van der Waals surface area contributed by atoms with Crippen LogP contribution < -0.4 is 10.6 Å². The highest BCUT2D eigenvalue weighted by Crippen LogP contribution is 2.02. The number of rotatable bonds is 6. The predicted octanol–water partition coefficient (Wildman–Crippen LogP) is 1.34. The fraction of sp³-hybridized carbons (Fsp3) is 0.400. The molecule has 0 unspecified atom stereocenters. The molecule has 0 fully saturated rings. The van der Waals surface area contributed by atoms with Crippen molar-refractivity contribution in [1.82, 2.24) is 25.4 Å². The number of nitrogens with zero attached hydrogens (tertiary/aromatic N) is 4. The van der Waals surface area contributed by atoms with Gasteiger partial charge in [0.15, 0.2) is 11.8 Å². The van der Waals surface area contributed by atoms with E-state index in [0.717, 1.165) is 24.4 Å². The first-order valence-corrected chi connectivity index (χ1v) is 7.28. The second-order valence-electron chi connectivity index (χ2n) is 4.76. The monoisotopic (exact) mass is 304 g/mol. The summed E-state index contributed by atoms with van der Waals surface area (Å²) in [5.41, 5.74) is 1.08. The van der Waals surface area contributed by atoms with Crippen LogP contribution in [-0.2, 0) is 19.5 Å². The third kappa shape index (κ3) is 4.54. The summed E-state index contributed by atoms with van der Waals surface area (Å²) in [6, 6.07) is 6.52. The molecule has 7 heteroatoms. The Morgan fingerprint density at radius 2 is 2.05 bits per heavy atom. The van der Waals surface area contributed by atoms with Crippen LogP contribution in [0.1, 0.15) is 18.3 Å². The van der Waals surface area contributed by atoms with Gasteiger partial charge in [0, 0.05) is 20.1 Å². The zero-order chi connectivity index (χ0) is 15.8. The fourth-order valence-corrected chi connectivity index (χ4v) is 2.04. The van der Waals surface area contributed by atoms with E-state index in [1.165, 1.54) is 12.1 Å². The summed E-state index contributed by atoms with van der Waals surface area (Å²) in [5, 5.41) is 14.4. The van der Waals surface area contributed by atoms with Crippen LogP contribution in [0.15, 0.2) is 35.6 Å². The molecule has 1 aromatic heterocycles. The van der Waals surface area contributed by atoms with E-state index in [-0.39, 0.29) is 5.82 Å². The maximum absolute atomic E-state index is 12.8. The van der Waals surface area contributed by atoms with Gasteiger partial charge in [0.1, 0.15) is 12.1 Å². The smallest absolute Gasteiger partial charge is 0.191 e. The summed E-state index contributed by atoms with van der Waals surface area (Å²) in [6.07, 6.45) is 2.51. The molecule has 0 aliphatic rings. The molecule has 2 rings (SSSR count). The number of aryl methyl sites for hydroxylation is 1. The summed E-state index contributed by atoms with van der Waals surface area (Å²) in [4.78, 5) is 4.17. The Labute approximate surface area is 129 Å². The van der Waals surface area contributed by atoms with Crippen LogP contribution in [-0.4, -0.2) is 34.3 Å². The van der Waals surface area contributed by atoms with Gasteiger partial charge in [0.05, 0.1) is 6.54 Å². The summed E-state index contributed by atoms with van der Waals surface area (Å²) in [6.45, 7) is 4.15. The number of guanidine groups is 1. The number of hydrogen-bond donors (Lipinski definition) is 2. The fourth-order valence-electron chi connectivity index (χ4n) is 2.04. The lowest BCUT2D eigenvalue weighted by atomic mass is 10.1. The molecule has 0 aliphatic carbocycles. The lowest BCUT2D eigenvalue weighted by Gasteiger charge is -2.12. The van der Waals surface area contributed by atoms with Crippen LogP contribution in [0.25, 0.3) is 0 Å². The van der Waals surface area contributed by atoms with Gasteiger partial charge in [-0.05, 0) is 31.0 Å². The molecule has 0 saturated heterocycles. The van der Waals surface area contributed by atoms with E-state index < -0.39 is 0 Å². The Hall–Kier alpha value is -2.44.